The van der Waals surface area contributed by atoms with Crippen molar-refractivity contribution >= 4 is 28.8 Å². The Balaban J connectivity index is 1.85. The van der Waals surface area contributed by atoms with E-state index in [1.807, 2.05) is 37.5 Å². The summed E-state index contributed by atoms with van der Waals surface area (Å²) in [5.41, 5.74) is 3.86. The van der Waals surface area contributed by atoms with E-state index in [2.05, 4.69) is 39.1 Å². The van der Waals surface area contributed by atoms with E-state index in [9.17, 15) is 4.79 Å². The van der Waals surface area contributed by atoms with Crippen molar-refractivity contribution in [3.8, 4) is 0 Å². The van der Waals surface area contributed by atoms with Gasteiger partial charge >= 0.3 is 0 Å². The maximum atomic E-state index is 11.8. The normalized spacial score (nSPS) is 15.0. The number of fused-ring (bicyclic) bond motifs is 1. The van der Waals surface area contributed by atoms with Crippen LogP contribution in [0.1, 0.15) is 22.7 Å². The summed E-state index contributed by atoms with van der Waals surface area (Å²) in [5.74, 6) is 0. The number of pyridine rings is 1. The highest BCUT2D eigenvalue weighted by Crippen LogP contribution is 2.31. The van der Waals surface area contributed by atoms with Crippen LogP contribution in [0.3, 0.4) is 0 Å². The zero-order chi connectivity index (χ0) is 17.4. The number of H-pyrrole nitrogens is 1. The van der Waals surface area contributed by atoms with Gasteiger partial charge in [0.1, 0.15) is 0 Å². The van der Waals surface area contributed by atoms with Crippen LogP contribution in [-0.2, 0) is 0 Å². The van der Waals surface area contributed by atoms with E-state index >= 15 is 0 Å². The van der Waals surface area contributed by atoms with E-state index in [1.54, 1.807) is 0 Å². The highest BCUT2D eigenvalue weighted by Gasteiger charge is 2.22. The fraction of sp³-hybridized carbons (Fsp3) is 0.200. The van der Waals surface area contributed by atoms with Crippen molar-refractivity contribution in [2.24, 2.45) is 4.99 Å². The van der Waals surface area contributed by atoms with Crippen LogP contribution in [0.5, 0.6) is 0 Å². The van der Waals surface area contributed by atoms with Crippen molar-refractivity contribution in [1.29, 1.82) is 0 Å². The van der Waals surface area contributed by atoms with Gasteiger partial charge in [-0.15, -0.1) is 0 Å². The highest BCUT2D eigenvalue weighted by atomic mass is 35.5. The number of nitrogens with zero attached hydrogens (tertiary/aromatic N) is 2. The van der Waals surface area contributed by atoms with Crippen LogP contribution in [0.15, 0.2) is 58.3 Å². The predicted molar refractivity (Wildman–Crippen MR) is 103 cm³/mol. The second-order valence-corrected chi connectivity index (χ2v) is 6.78. The Morgan fingerprint density at radius 3 is 2.60 bits per heavy atom. The Morgan fingerprint density at radius 2 is 1.88 bits per heavy atom. The first-order valence-electron chi connectivity index (χ1n) is 8.26. The maximum Gasteiger partial charge on any atom is 0.251 e. The van der Waals surface area contributed by atoms with Crippen molar-refractivity contribution in [2.45, 2.75) is 13.0 Å². The molecule has 126 valence electrons. The smallest absolute Gasteiger partial charge is 0.251 e. The number of halogens is 1. The number of aryl methyl sites for hydroxylation is 1. The minimum Gasteiger partial charge on any atom is -0.350 e. The molecule has 5 heteroatoms. The lowest BCUT2D eigenvalue weighted by molar-refractivity contribution is 0.398. The molecule has 1 N–H and O–H groups in total. The van der Waals surface area contributed by atoms with Gasteiger partial charge in [0.25, 0.3) is 5.56 Å². The molecule has 1 unspecified atom stereocenters. The molecule has 0 aliphatic carbocycles. The standard InChI is InChI=1S/C20H18ClN3O/c1-13-10-16-11-15(4-7-18(16)23-20(13)25)19(24-9-8-22-12-24)14-2-5-17(21)6-3-14/h2-7,10-12,19H,8-9H2,1H3,(H,23,25). The van der Waals surface area contributed by atoms with Gasteiger partial charge < -0.3 is 9.88 Å². The average molecular weight is 352 g/mol. The Labute approximate surface area is 150 Å². The SMILES string of the molecule is Cc1cc2cc(C(c3ccc(Cl)cc3)N3C=NCC3)ccc2[nH]c1=O. The summed E-state index contributed by atoms with van der Waals surface area (Å²) in [4.78, 5) is 21.4. The van der Waals surface area contributed by atoms with Gasteiger partial charge in [0.15, 0.2) is 0 Å². The molecule has 2 aromatic carbocycles. The van der Waals surface area contributed by atoms with Crippen LogP contribution < -0.4 is 5.56 Å². The molecule has 1 aliphatic heterocycles. The van der Waals surface area contributed by atoms with E-state index in [0.29, 0.717) is 0 Å². The predicted octanol–water partition coefficient (Wildman–Crippen LogP) is 3.92. The van der Waals surface area contributed by atoms with Gasteiger partial charge in [-0.25, -0.2) is 0 Å². The minimum atomic E-state index is -0.0406. The molecule has 0 amide bonds. The van der Waals surface area contributed by atoms with Crippen LogP contribution in [0.25, 0.3) is 10.9 Å². The number of aromatic amines is 1. The summed E-state index contributed by atoms with van der Waals surface area (Å²) in [6.07, 6.45) is 1.92. The minimum absolute atomic E-state index is 0.0406. The molecule has 0 saturated heterocycles. The van der Waals surface area contributed by atoms with E-state index < -0.39 is 0 Å². The van der Waals surface area contributed by atoms with Crippen LogP contribution in [0.2, 0.25) is 5.02 Å². The molecule has 0 fully saturated rings. The van der Waals surface area contributed by atoms with E-state index in [0.717, 1.165) is 40.1 Å². The Kier molecular flexibility index (Phi) is 4.06. The number of hydrogen-bond acceptors (Lipinski definition) is 3. The molecular formula is C20H18ClN3O. The zero-order valence-corrected chi connectivity index (χ0v) is 14.6. The fourth-order valence-corrected chi connectivity index (χ4v) is 3.44. The number of benzene rings is 2. The lowest BCUT2D eigenvalue weighted by Crippen LogP contribution is -2.26. The summed E-state index contributed by atoms with van der Waals surface area (Å²) < 4.78 is 0. The third kappa shape index (κ3) is 3.05. The molecule has 1 aliphatic rings. The molecule has 4 rings (SSSR count). The lowest BCUT2D eigenvalue weighted by atomic mass is 9.96. The van der Waals surface area contributed by atoms with Gasteiger partial charge in [0.05, 0.1) is 18.9 Å². The average Bonchev–Trinajstić information content (AvgIpc) is 3.12. The molecular weight excluding hydrogens is 334 g/mol. The van der Waals surface area contributed by atoms with Gasteiger partial charge in [-0.3, -0.25) is 9.79 Å². The highest BCUT2D eigenvalue weighted by molar-refractivity contribution is 6.30. The first kappa shape index (κ1) is 15.9. The topological polar surface area (TPSA) is 48.5 Å². The van der Waals surface area contributed by atoms with Crippen molar-refractivity contribution in [3.05, 3.63) is 80.6 Å². The number of nitrogens with one attached hydrogen (secondary N) is 1. The maximum absolute atomic E-state index is 11.8. The van der Waals surface area contributed by atoms with Crippen LogP contribution in [0, 0.1) is 6.92 Å². The van der Waals surface area contributed by atoms with Crippen molar-refractivity contribution in [1.82, 2.24) is 9.88 Å². The fourth-order valence-electron chi connectivity index (χ4n) is 3.31. The monoisotopic (exact) mass is 351 g/mol. The quantitative estimate of drug-likeness (QED) is 0.777. The van der Waals surface area contributed by atoms with Crippen molar-refractivity contribution in [3.63, 3.8) is 0 Å². The zero-order valence-electron chi connectivity index (χ0n) is 13.9. The Hall–Kier alpha value is -2.59. The summed E-state index contributed by atoms with van der Waals surface area (Å²) in [6, 6.07) is 16.1. The van der Waals surface area contributed by atoms with Gasteiger partial charge in [0.2, 0.25) is 0 Å². The lowest BCUT2D eigenvalue weighted by Gasteiger charge is -2.28. The van der Waals surface area contributed by atoms with E-state index in [4.69, 9.17) is 11.6 Å². The number of aliphatic imine (C=N–C) groups is 1. The first-order valence-corrected chi connectivity index (χ1v) is 8.64. The number of aromatic nitrogens is 1. The molecule has 1 aromatic heterocycles. The molecule has 0 radical (unpaired) electrons. The van der Waals surface area contributed by atoms with Crippen LogP contribution >= 0.6 is 11.6 Å². The third-order valence-corrected chi connectivity index (χ3v) is 4.86. The van der Waals surface area contributed by atoms with Gasteiger partial charge in [-0.05, 0) is 53.8 Å². The third-order valence-electron chi connectivity index (χ3n) is 4.60. The first-order chi connectivity index (χ1) is 12.1. The van der Waals surface area contributed by atoms with Crippen molar-refractivity contribution < 1.29 is 0 Å². The number of hydrogen-bond donors (Lipinski definition) is 1. The molecule has 25 heavy (non-hydrogen) atoms. The molecule has 0 bridgehead atoms. The van der Waals surface area contributed by atoms with Crippen LogP contribution in [-0.4, -0.2) is 29.3 Å². The Bertz CT molecular complexity index is 1010. The summed E-state index contributed by atoms with van der Waals surface area (Å²) in [5, 5.41) is 1.76. The van der Waals surface area contributed by atoms with Gasteiger partial charge in [0, 0.05) is 22.6 Å². The molecule has 1 atom stereocenters. The Morgan fingerprint density at radius 1 is 1.12 bits per heavy atom. The molecule has 3 aromatic rings. The number of rotatable bonds is 3. The summed E-state index contributed by atoms with van der Waals surface area (Å²) >= 11 is 6.06. The second kappa shape index (κ2) is 6.37. The van der Waals surface area contributed by atoms with E-state index in [-0.39, 0.29) is 11.6 Å². The van der Waals surface area contributed by atoms with Gasteiger partial charge in [-0.1, -0.05) is 29.8 Å². The summed E-state index contributed by atoms with van der Waals surface area (Å²) in [6.45, 7) is 3.52. The molecule has 4 nitrogen and oxygen atoms in total. The molecule has 2 heterocycles. The van der Waals surface area contributed by atoms with E-state index in [1.165, 1.54) is 5.56 Å². The summed E-state index contributed by atoms with van der Waals surface area (Å²) in [7, 11) is 0. The molecule has 0 spiro atoms. The largest absolute Gasteiger partial charge is 0.350 e. The van der Waals surface area contributed by atoms with Gasteiger partial charge in [-0.2, -0.15) is 0 Å². The van der Waals surface area contributed by atoms with Crippen LogP contribution in [0.4, 0.5) is 0 Å². The second-order valence-electron chi connectivity index (χ2n) is 6.34. The molecule has 0 saturated carbocycles. The van der Waals surface area contributed by atoms with Crippen molar-refractivity contribution in [2.75, 3.05) is 13.1 Å².